The lowest BCUT2D eigenvalue weighted by Crippen LogP contribution is -1.96. The van der Waals surface area contributed by atoms with Crippen molar-refractivity contribution < 1.29 is 9.22 Å². The lowest BCUT2D eigenvalue weighted by atomic mass is 10.9. The molecule has 36 valence electrons. The zero-order chi connectivity index (χ0) is 4.99. The van der Waals surface area contributed by atoms with E-state index in [0.29, 0.717) is 0 Å². The van der Waals surface area contributed by atoms with Crippen LogP contribution in [0.4, 0.5) is 0 Å². The minimum Gasteiger partial charge on any atom is -0.515 e. The molecule has 4 heteroatoms. The zero-order valence-corrected chi connectivity index (χ0v) is 6.97. The molecule has 0 heterocycles. The molecule has 0 aromatic rings. The summed E-state index contributed by atoms with van der Waals surface area (Å²) in [5, 5.41) is 0. The second-order valence-electron chi connectivity index (χ2n) is 0.745. The third kappa shape index (κ3) is 4.42. The fraction of sp³-hybridized carbons (Fsp3) is 0.500. The summed E-state index contributed by atoms with van der Waals surface area (Å²) in [4.78, 5) is 9.85. The van der Waals surface area contributed by atoms with Crippen LogP contribution >= 0.6 is 21.8 Å². The van der Waals surface area contributed by atoms with E-state index in [4.69, 9.17) is 0 Å². The molecule has 0 aliphatic carbocycles. The Morgan fingerprint density at radius 3 is 2.50 bits per heavy atom. The van der Waals surface area contributed by atoms with Crippen LogP contribution in [0.5, 0.6) is 0 Å². The van der Waals surface area contributed by atoms with Crippen LogP contribution < -0.4 is 0 Å². The highest BCUT2D eigenvalue weighted by molar-refractivity contribution is 14.1. The minimum absolute atomic E-state index is 0.156. The summed E-state index contributed by atoms with van der Waals surface area (Å²) in [6.07, 6.45) is 0. The van der Waals surface area contributed by atoms with Crippen LogP contribution in [0.25, 0.3) is 0 Å². The molecule has 2 nitrogen and oxygen atoms in total. The molecule has 0 saturated heterocycles. The molecule has 0 bridgehead atoms. The Labute approximate surface area is 51.4 Å². The lowest BCUT2D eigenvalue weighted by Gasteiger charge is -1.88. The molecule has 6 heavy (non-hydrogen) atoms. The van der Waals surface area contributed by atoms with Gasteiger partial charge in [0.1, 0.15) is 0 Å². The molecule has 0 spiro atoms. The first-order valence-corrected chi connectivity index (χ1v) is 7.15. The van der Waals surface area contributed by atoms with E-state index in [-0.39, 0.29) is 5.97 Å². The molecule has 0 saturated carbocycles. The van der Waals surface area contributed by atoms with Gasteiger partial charge in [-0.25, -0.2) is 0 Å². The first kappa shape index (κ1) is 6.42. The van der Waals surface area contributed by atoms with Crippen molar-refractivity contribution in [1.29, 1.82) is 0 Å². The monoisotopic (exact) mass is 216 g/mol. The SMILES string of the molecule is CC(=O)O[SiH2]I. The van der Waals surface area contributed by atoms with Gasteiger partial charge >= 0.3 is 0 Å². The van der Waals surface area contributed by atoms with E-state index in [1.54, 1.807) is 0 Å². The first-order valence-electron chi connectivity index (χ1n) is 1.46. The van der Waals surface area contributed by atoms with Crippen molar-refractivity contribution in [3.05, 3.63) is 0 Å². The topological polar surface area (TPSA) is 26.3 Å². The molecular formula is C2H5IO2Si. The molecule has 0 N–H and O–H groups in total. The van der Waals surface area contributed by atoms with Gasteiger partial charge in [-0.05, 0) is 0 Å². The summed E-state index contributed by atoms with van der Waals surface area (Å²) in [6, 6.07) is 0. The minimum atomic E-state index is -0.513. The molecule has 0 radical (unpaired) electrons. The lowest BCUT2D eigenvalue weighted by molar-refractivity contribution is -0.131. The van der Waals surface area contributed by atoms with Crippen molar-refractivity contribution in [2.75, 3.05) is 0 Å². The number of rotatable bonds is 1. The summed E-state index contributed by atoms with van der Waals surface area (Å²) >= 11 is 2.10. The highest BCUT2D eigenvalue weighted by Gasteiger charge is 1.83. The van der Waals surface area contributed by atoms with Crippen LogP contribution in [0.15, 0.2) is 0 Å². The highest BCUT2D eigenvalue weighted by atomic mass is 127. The number of carbonyl (C=O) groups is 1. The fourth-order valence-corrected chi connectivity index (χ4v) is 1.55. The summed E-state index contributed by atoms with van der Waals surface area (Å²) < 4.78 is 4.53. The van der Waals surface area contributed by atoms with Crippen LogP contribution in [-0.4, -0.2) is 13.2 Å². The summed E-state index contributed by atoms with van der Waals surface area (Å²) in [6.45, 7) is 1.42. The van der Waals surface area contributed by atoms with Crippen LogP contribution in [0.2, 0.25) is 0 Å². The number of halogens is 1. The Kier molecular flexibility index (Phi) is 3.85. The number of carbonyl (C=O) groups excluding carboxylic acids is 1. The second-order valence-corrected chi connectivity index (χ2v) is 3.12. The van der Waals surface area contributed by atoms with Crippen molar-refractivity contribution in [1.82, 2.24) is 0 Å². The van der Waals surface area contributed by atoms with E-state index in [9.17, 15) is 4.79 Å². The second kappa shape index (κ2) is 3.60. The fourth-order valence-electron chi connectivity index (χ4n) is 0.0768. The van der Waals surface area contributed by atoms with Gasteiger partial charge in [0.25, 0.3) is 13.2 Å². The maximum Gasteiger partial charge on any atom is 0.289 e. The van der Waals surface area contributed by atoms with Crippen LogP contribution in [-0.2, 0) is 9.22 Å². The quantitative estimate of drug-likeness (QED) is 0.350. The van der Waals surface area contributed by atoms with E-state index >= 15 is 0 Å². The molecule has 0 aromatic heterocycles. The Bertz CT molecular complexity index is 55.5. The third-order valence-electron chi connectivity index (χ3n) is 0.258. The smallest absolute Gasteiger partial charge is 0.289 e. The molecule has 0 aliphatic heterocycles. The summed E-state index contributed by atoms with van der Waals surface area (Å²) in [5.74, 6) is -0.156. The predicted octanol–water partition coefficient (Wildman–Crippen LogP) is -0.0167. The Morgan fingerprint density at radius 1 is 2.00 bits per heavy atom. The van der Waals surface area contributed by atoms with Gasteiger partial charge in [-0.2, -0.15) is 0 Å². The molecule has 0 aliphatic rings. The summed E-state index contributed by atoms with van der Waals surface area (Å²) in [5.41, 5.74) is 0. The normalized spacial score (nSPS) is 9.67. The molecule has 0 amide bonds. The van der Waals surface area contributed by atoms with Crippen LogP contribution in [0, 0.1) is 0 Å². The van der Waals surface area contributed by atoms with E-state index in [0.717, 1.165) is 0 Å². The average molecular weight is 216 g/mol. The zero-order valence-electron chi connectivity index (χ0n) is 3.40. The average Bonchev–Trinajstić information content (AvgIpc) is 1.35. The van der Waals surface area contributed by atoms with Gasteiger partial charge in [0.15, 0.2) is 0 Å². The number of hydrogen-bond donors (Lipinski definition) is 0. The molecule has 0 unspecified atom stereocenters. The van der Waals surface area contributed by atoms with Gasteiger partial charge in [0.2, 0.25) is 0 Å². The van der Waals surface area contributed by atoms with Crippen molar-refractivity contribution >= 4 is 35.0 Å². The van der Waals surface area contributed by atoms with E-state index in [1.165, 1.54) is 6.92 Å². The van der Waals surface area contributed by atoms with Gasteiger partial charge in [0.05, 0.1) is 0 Å². The molecule has 0 aromatic carbocycles. The maximum atomic E-state index is 9.85. The standard InChI is InChI=1S/C2H5IO2Si/c1-2(4)5-6-3/h6H2,1H3. The number of hydrogen-bond acceptors (Lipinski definition) is 2. The Morgan fingerprint density at radius 2 is 2.50 bits per heavy atom. The van der Waals surface area contributed by atoms with E-state index < -0.39 is 7.26 Å². The van der Waals surface area contributed by atoms with Crippen LogP contribution in [0.3, 0.4) is 0 Å². The van der Waals surface area contributed by atoms with Crippen molar-refractivity contribution in [2.45, 2.75) is 6.92 Å². The molecule has 0 fully saturated rings. The van der Waals surface area contributed by atoms with Gasteiger partial charge in [0, 0.05) is 6.92 Å². The molecule has 0 atom stereocenters. The van der Waals surface area contributed by atoms with Gasteiger partial charge in [-0.3, -0.25) is 4.79 Å². The Hall–Kier alpha value is 0.417. The van der Waals surface area contributed by atoms with Gasteiger partial charge in [-0.1, -0.05) is 21.8 Å². The van der Waals surface area contributed by atoms with Gasteiger partial charge < -0.3 is 4.43 Å². The van der Waals surface area contributed by atoms with Crippen LogP contribution in [0.1, 0.15) is 6.92 Å². The van der Waals surface area contributed by atoms with E-state index in [1.807, 2.05) is 0 Å². The summed E-state index contributed by atoms with van der Waals surface area (Å²) in [7, 11) is -0.513. The van der Waals surface area contributed by atoms with E-state index in [2.05, 4.69) is 26.2 Å². The van der Waals surface area contributed by atoms with Gasteiger partial charge in [-0.15, -0.1) is 0 Å². The first-order chi connectivity index (χ1) is 2.77. The largest absolute Gasteiger partial charge is 0.515 e. The predicted molar refractivity (Wildman–Crippen MR) is 34.3 cm³/mol. The van der Waals surface area contributed by atoms with Crippen molar-refractivity contribution in [2.24, 2.45) is 0 Å². The van der Waals surface area contributed by atoms with Crippen molar-refractivity contribution in [3.63, 3.8) is 0 Å². The van der Waals surface area contributed by atoms with Crippen molar-refractivity contribution in [3.8, 4) is 0 Å². The highest BCUT2D eigenvalue weighted by Crippen LogP contribution is 1.77. The molecule has 0 rings (SSSR count). The molecular weight excluding hydrogens is 211 g/mol. The third-order valence-corrected chi connectivity index (χ3v) is 1.71. The Balaban J connectivity index is 2.83. The maximum absolute atomic E-state index is 9.85.